The Hall–Kier alpha value is -0.960. The number of halogens is 2. The molecule has 0 bridgehead atoms. The van der Waals surface area contributed by atoms with Gasteiger partial charge in [-0.3, -0.25) is 0 Å². The van der Waals surface area contributed by atoms with Gasteiger partial charge in [0.1, 0.15) is 11.6 Å². The van der Waals surface area contributed by atoms with Crippen molar-refractivity contribution in [2.24, 2.45) is 5.73 Å². The second-order valence-corrected chi connectivity index (χ2v) is 3.17. The van der Waals surface area contributed by atoms with Crippen LogP contribution in [0, 0.1) is 11.6 Å². The van der Waals surface area contributed by atoms with Crippen LogP contribution in [0.5, 0.6) is 0 Å². The molecule has 1 aromatic carbocycles. The van der Waals surface area contributed by atoms with Crippen molar-refractivity contribution in [1.82, 2.24) is 0 Å². The Labute approximate surface area is 69.2 Å². The number of hydrogen-bond donors (Lipinski definition) is 1. The van der Waals surface area contributed by atoms with E-state index in [1.807, 2.05) is 0 Å². The summed E-state index contributed by atoms with van der Waals surface area (Å²) in [6.45, 7) is 0. The third-order valence-electron chi connectivity index (χ3n) is 2.20. The first-order valence-electron chi connectivity index (χ1n) is 3.89. The maximum atomic E-state index is 13.0. The normalized spacial score (nSPS) is 27.2. The summed E-state index contributed by atoms with van der Waals surface area (Å²) < 4.78 is 25.7. The summed E-state index contributed by atoms with van der Waals surface area (Å²) in [7, 11) is 0. The first kappa shape index (κ1) is 7.68. The predicted molar refractivity (Wildman–Crippen MR) is 41.7 cm³/mol. The summed E-state index contributed by atoms with van der Waals surface area (Å²) in [6, 6.07) is 3.51. The van der Waals surface area contributed by atoms with Crippen LogP contribution in [-0.2, 0) is 0 Å². The molecule has 0 aliphatic heterocycles. The third kappa shape index (κ3) is 1.20. The van der Waals surface area contributed by atoms with E-state index in [0.717, 1.165) is 18.6 Å². The quantitative estimate of drug-likeness (QED) is 0.681. The average Bonchev–Trinajstić information content (AvgIpc) is 2.73. The van der Waals surface area contributed by atoms with Crippen molar-refractivity contribution >= 4 is 0 Å². The first-order valence-corrected chi connectivity index (χ1v) is 3.89. The van der Waals surface area contributed by atoms with Crippen LogP contribution in [-0.4, -0.2) is 6.04 Å². The molecular formula is C9H9F2N. The fraction of sp³-hybridized carbons (Fsp3) is 0.333. The van der Waals surface area contributed by atoms with Crippen molar-refractivity contribution in [3.05, 3.63) is 35.4 Å². The molecule has 2 N–H and O–H groups in total. The minimum absolute atomic E-state index is 0.0151. The molecule has 3 heteroatoms. The van der Waals surface area contributed by atoms with Crippen LogP contribution in [0.15, 0.2) is 18.2 Å². The Balaban J connectivity index is 2.36. The topological polar surface area (TPSA) is 26.0 Å². The van der Waals surface area contributed by atoms with Crippen molar-refractivity contribution in [2.45, 2.75) is 18.4 Å². The molecule has 2 atom stereocenters. The van der Waals surface area contributed by atoms with Gasteiger partial charge in [-0.15, -0.1) is 0 Å². The van der Waals surface area contributed by atoms with E-state index >= 15 is 0 Å². The first-order chi connectivity index (χ1) is 5.68. The summed E-state index contributed by atoms with van der Waals surface area (Å²) in [6.07, 6.45) is 0.764. The molecular weight excluding hydrogens is 160 g/mol. The minimum atomic E-state index is -0.398. The lowest BCUT2D eigenvalue weighted by Gasteiger charge is -2.00. The molecule has 0 unspecified atom stereocenters. The maximum absolute atomic E-state index is 13.0. The van der Waals surface area contributed by atoms with E-state index in [1.54, 1.807) is 0 Å². The smallest absolute Gasteiger partial charge is 0.126 e. The molecule has 0 radical (unpaired) electrons. The minimum Gasteiger partial charge on any atom is -0.327 e. The van der Waals surface area contributed by atoms with Gasteiger partial charge in [0.15, 0.2) is 0 Å². The molecule has 2 rings (SSSR count). The highest BCUT2D eigenvalue weighted by atomic mass is 19.1. The molecule has 0 saturated heterocycles. The lowest BCUT2D eigenvalue weighted by molar-refractivity contribution is 0.584. The summed E-state index contributed by atoms with van der Waals surface area (Å²) in [5.41, 5.74) is 5.95. The zero-order chi connectivity index (χ0) is 8.72. The van der Waals surface area contributed by atoms with Gasteiger partial charge in [-0.25, -0.2) is 8.78 Å². The summed E-state index contributed by atoms with van der Waals surface area (Å²) in [5.74, 6) is -0.722. The molecule has 1 fully saturated rings. The zero-order valence-corrected chi connectivity index (χ0v) is 6.43. The van der Waals surface area contributed by atoms with Gasteiger partial charge in [-0.2, -0.15) is 0 Å². The second kappa shape index (κ2) is 2.52. The highest BCUT2D eigenvalue weighted by Gasteiger charge is 2.36. The van der Waals surface area contributed by atoms with Crippen molar-refractivity contribution in [3.8, 4) is 0 Å². The van der Waals surface area contributed by atoms with E-state index in [1.165, 1.54) is 6.07 Å². The lowest BCUT2D eigenvalue weighted by atomic mass is 10.1. The van der Waals surface area contributed by atoms with E-state index in [0.29, 0.717) is 5.56 Å². The Kier molecular flexibility index (Phi) is 1.61. The Bertz CT molecular complexity index is 311. The number of benzene rings is 1. The average molecular weight is 169 g/mol. The van der Waals surface area contributed by atoms with Gasteiger partial charge in [-0.05, 0) is 30.2 Å². The second-order valence-electron chi connectivity index (χ2n) is 3.17. The molecule has 0 amide bonds. The summed E-state index contributed by atoms with van der Waals surface area (Å²) in [4.78, 5) is 0. The fourth-order valence-corrected chi connectivity index (χ4v) is 1.37. The fourth-order valence-electron chi connectivity index (χ4n) is 1.37. The van der Waals surface area contributed by atoms with E-state index < -0.39 is 5.82 Å². The molecule has 1 aromatic rings. The van der Waals surface area contributed by atoms with Crippen LogP contribution >= 0.6 is 0 Å². The Morgan fingerprint density at radius 1 is 1.33 bits per heavy atom. The van der Waals surface area contributed by atoms with Crippen LogP contribution in [0.1, 0.15) is 17.9 Å². The Morgan fingerprint density at radius 3 is 2.58 bits per heavy atom. The van der Waals surface area contributed by atoms with Gasteiger partial charge in [-0.1, -0.05) is 0 Å². The molecule has 64 valence electrons. The Morgan fingerprint density at radius 2 is 2.00 bits per heavy atom. The SMILES string of the molecule is N[C@@H]1C[C@@H]1c1cc(F)ccc1F. The van der Waals surface area contributed by atoms with Gasteiger partial charge in [0.05, 0.1) is 0 Å². The molecule has 0 spiro atoms. The van der Waals surface area contributed by atoms with Crippen LogP contribution < -0.4 is 5.73 Å². The van der Waals surface area contributed by atoms with Gasteiger partial charge in [0.2, 0.25) is 0 Å². The van der Waals surface area contributed by atoms with Crippen molar-refractivity contribution < 1.29 is 8.78 Å². The number of hydrogen-bond acceptors (Lipinski definition) is 1. The highest BCUT2D eigenvalue weighted by molar-refractivity contribution is 5.29. The van der Waals surface area contributed by atoms with Crippen LogP contribution in [0.3, 0.4) is 0 Å². The third-order valence-corrected chi connectivity index (χ3v) is 2.20. The molecule has 1 aliphatic rings. The maximum Gasteiger partial charge on any atom is 0.126 e. The summed E-state index contributed by atoms with van der Waals surface area (Å²) in [5, 5.41) is 0. The molecule has 12 heavy (non-hydrogen) atoms. The molecule has 1 saturated carbocycles. The van der Waals surface area contributed by atoms with Gasteiger partial charge in [0, 0.05) is 12.0 Å². The number of rotatable bonds is 1. The van der Waals surface area contributed by atoms with Crippen molar-refractivity contribution in [3.63, 3.8) is 0 Å². The molecule has 1 aliphatic carbocycles. The van der Waals surface area contributed by atoms with Crippen LogP contribution in [0.4, 0.5) is 8.78 Å². The summed E-state index contributed by atoms with van der Waals surface area (Å²) >= 11 is 0. The zero-order valence-electron chi connectivity index (χ0n) is 6.43. The van der Waals surface area contributed by atoms with E-state index in [9.17, 15) is 8.78 Å². The van der Waals surface area contributed by atoms with E-state index in [4.69, 9.17) is 5.73 Å². The highest BCUT2D eigenvalue weighted by Crippen LogP contribution is 2.40. The van der Waals surface area contributed by atoms with Crippen LogP contribution in [0.25, 0.3) is 0 Å². The molecule has 1 nitrogen and oxygen atoms in total. The van der Waals surface area contributed by atoms with Crippen LogP contribution in [0.2, 0.25) is 0 Å². The number of nitrogens with two attached hydrogens (primary N) is 1. The lowest BCUT2D eigenvalue weighted by Crippen LogP contribution is -2.02. The standard InChI is InChI=1S/C9H9F2N/c10-5-1-2-8(11)6(3-5)7-4-9(7)12/h1-3,7,9H,4,12H2/t7-,9-/m1/s1. The van der Waals surface area contributed by atoms with Gasteiger partial charge in [0.25, 0.3) is 0 Å². The van der Waals surface area contributed by atoms with Gasteiger partial charge >= 0.3 is 0 Å². The molecule has 0 heterocycles. The molecule has 0 aromatic heterocycles. The van der Waals surface area contributed by atoms with Crippen molar-refractivity contribution in [2.75, 3.05) is 0 Å². The van der Waals surface area contributed by atoms with Crippen molar-refractivity contribution in [1.29, 1.82) is 0 Å². The van der Waals surface area contributed by atoms with E-state index in [2.05, 4.69) is 0 Å². The van der Waals surface area contributed by atoms with Gasteiger partial charge < -0.3 is 5.73 Å². The monoisotopic (exact) mass is 169 g/mol. The van der Waals surface area contributed by atoms with E-state index in [-0.39, 0.29) is 17.8 Å². The largest absolute Gasteiger partial charge is 0.327 e. The predicted octanol–water partition coefficient (Wildman–Crippen LogP) is 1.78.